The van der Waals surface area contributed by atoms with Gasteiger partial charge in [0.05, 0.1) is 0 Å². The third-order valence-electron chi connectivity index (χ3n) is 4.10. The zero-order valence-corrected chi connectivity index (χ0v) is 14.3. The highest BCUT2D eigenvalue weighted by atomic mass is 35.5. The van der Waals surface area contributed by atoms with Crippen molar-refractivity contribution in [3.63, 3.8) is 0 Å². The van der Waals surface area contributed by atoms with Crippen molar-refractivity contribution in [3.8, 4) is 0 Å². The molecule has 1 aromatic carbocycles. The number of unbranched alkanes of at least 4 members (excludes halogenated alkanes) is 2. The molecule has 1 saturated carbocycles. The van der Waals surface area contributed by atoms with Crippen LogP contribution < -0.4 is 10.2 Å². The molecule has 0 aromatic heterocycles. The molecule has 0 saturated heterocycles. The number of benzene rings is 1. The van der Waals surface area contributed by atoms with E-state index in [4.69, 9.17) is 11.6 Å². The maximum atomic E-state index is 6.21. The van der Waals surface area contributed by atoms with Crippen LogP contribution in [0.5, 0.6) is 0 Å². The van der Waals surface area contributed by atoms with Gasteiger partial charge >= 0.3 is 0 Å². The van der Waals surface area contributed by atoms with Gasteiger partial charge in [0, 0.05) is 36.4 Å². The van der Waals surface area contributed by atoms with Crippen LogP contribution in [0.15, 0.2) is 18.2 Å². The van der Waals surface area contributed by atoms with Crippen LogP contribution in [0.4, 0.5) is 5.69 Å². The second kappa shape index (κ2) is 8.65. The number of nitrogens with one attached hydrogen (secondary N) is 1. The molecule has 1 aromatic rings. The first-order valence-electron chi connectivity index (χ1n) is 8.51. The predicted octanol–water partition coefficient (Wildman–Crippen LogP) is 5.00. The van der Waals surface area contributed by atoms with E-state index in [9.17, 15) is 0 Å². The highest BCUT2D eigenvalue weighted by molar-refractivity contribution is 6.30. The minimum Gasteiger partial charge on any atom is -0.371 e. The Morgan fingerprint density at radius 2 is 1.81 bits per heavy atom. The molecule has 0 spiro atoms. The average molecular weight is 309 g/mol. The van der Waals surface area contributed by atoms with Crippen molar-refractivity contribution in [3.05, 3.63) is 28.8 Å². The first kappa shape index (κ1) is 16.6. The van der Waals surface area contributed by atoms with Crippen LogP contribution in [0.3, 0.4) is 0 Å². The summed E-state index contributed by atoms with van der Waals surface area (Å²) in [5, 5.41) is 4.47. The van der Waals surface area contributed by atoms with Gasteiger partial charge in [0.1, 0.15) is 0 Å². The molecule has 2 rings (SSSR count). The van der Waals surface area contributed by atoms with E-state index < -0.39 is 0 Å². The number of halogens is 1. The SMILES string of the molecule is CCCCN(CCCC)c1ccc(Cl)cc1CNC1CC1. The van der Waals surface area contributed by atoms with E-state index in [1.807, 2.05) is 6.07 Å². The molecule has 1 fully saturated rings. The van der Waals surface area contributed by atoms with Crippen molar-refractivity contribution in [2.24, 2.45) is 0 Å². The van der Waals surface area contributed by atoms with Crippen molar-refractivity contribution in [2.45, 2.75) is 65.0 Å². The van der Waals surface area contributed by atoms with Crippen LogP contribution in [0.2, 0.25) is 5.02 Å². The summed E-state index contributed by atoms with van der Waals surface area (Å²) in [4.78, 5) is 2.55. The summed E-state index contributed by atoms with van der Waals surface area (Å²) < 4.78 is 0. The molecular formula is C18H29ClN2. The molecule has 0 bridgehead atoms. The van der Waals surface area contributed by atoms with Gasteiger partial charge in [-0.3, -0.25) is 0 Å². The van der Waals surface area contributed by atoms with Gasteiger partial charge in [-0.25, -0.2) is 0 Å². The fraction of sp³-hybridized carbons (Fsp3) is 0.667. The van der Waals surface area contributed by atoms with Crippen LogP contribution in [0.1, 0.15) is 57.9 Å². The van der Waals surface area contributed by atoms with Crippen LogP contribution in [-0.4, -0.2) is 19.1 Å². The number of anilines is 1. The minimum absolute atomic E-state index is 0.733. The van der Waals surface area contributed by atoms with Gasteiger partial charge in [-0.05, 0) is 49.4 Å². The molecule has 0 unspecified atom stereocenters. The third-order valence-corrected chi connectivity index (χ3v) is 4.34. The highest BCUT2D eigenvalue weighted by Crippen LogP contribution is 2.27. The molecule has 0 atom stereocenters. The van der Waals surface area contributed by atoms with Crippen molar-refractivity contribution in [1.82, 2.24) is 5.32 Å². The molecule has 0 amide bonds. The molecule has 118 valence electrons. The monoisotopic (exact) mass is 308 g/mol. The van der Waals surface area contributed by atoms with Crippen LogP contribution >= 0.6 is 11.6 Å². The van der Waals surface area contributed by atoms with Crippen molar-refractivity contribution >= 4 is 17.3 Å². The molecular weight excluding hydrogens is 280 g/mol. The third kappa shape index (κ3) is 5.52. The van der Waals surface area contributed by atoms with E-state index in [0.29, 0.717) is 0 Å². The zero-order valence-electron chi connectivity index (χ0n) is 13.5. The van der Waals surface area contributed by atoms with Gasteiger partial charge < -0.3 is 10.2 Å². The smallest absolute Gasteiger partial charge is 0.0412 e. The summed E-state index contributed by atoms with van der Waals surface area (Å²) in [6.45, 7) is 7.75. The van der Waals surface area contributed by atoms with E-state index in [1.54, 1.807) is 0 Å². The number of rotatable bonds is 10. The summed E-state index contributed by atoms with van der Waals surface area (Å²) in [6, 6.07) is 7.11. The Bertz CT molecular complexity index is 421. The summed E-state index contributed by atoms with van der Waals surface area (Å²) in [5.41, 5.74) is 2.72. The van der Waals surface area contributed by atoms with E-state index in [2.05, 4.69) is 36.2 Å². The van der Waals surface area contributed by atoms with Gasteiger partial charge in [0.25, 0.3) is 0 Å². The molecule has 0 heterocycles. The lowest BCUT2D eigenvalue weighted by molar-refractivity contribution is 0.659. The van der Waals surface area contributed by atoms with Crippen molar-refractivity contribution < 1.29 is 0 Å². The summed E-state index contributed by atoms with van der Waals surface area (Å²) in [7, 11) is 0. The summed E-state index contributed by atoms with van der Waals surface area (Å²) in [5.74, 6) is 0. The largest absolute Gasteiger partial charge is 0.371 e. The molecule has 1 aliphatic carbocycles. The van der Waals surface area contributed by atoms with Crippen LogP contribution in [0, 0.1) is 0 Å². The normalized spacial score (nSPS) is 14.4. The van der Waals surface area contributed by atoms with Gasteiger partial charge in [-0.2, -0.15) is 0 Å². The Hall–Kier alpha value is -0.730. The summed E-state index contributed by atoms with van der Waals surface area (Å²) >= 11 is 6.21. The zero-order chi connectivity index (χ0) is 15.1. The maximum Gasteiger partial charge on any atom is 0.0412 e. The van der Waals surface area contributed by atoms with E-state index in [-0.39, 0.29) is 0 Å². The minimum atomic E-state index is 0.733. The average Bonchev–Trinajstić information content (AvgIpc) is 3.30. The highest BCUT2D eigenvalue weighted by Gasteiger charge is 2.21. The Balaban J connectivity index is 2.10. The fourth-order valence-corrected chi connectivity index (χ4v) is 2.79. The molecule has 1 N–H and O–H groups in total. The van der Waals surface area contributed by atoms with Gasteiger partial charge in [-0.15, -0.1) is 0 Å². The standard InChI is InChI=1S/C18H29ClN2/c1-3-5-11-21(12-6-4-2)18-10-7-16(19)13-15(18)14-20-17-8-9-17/h7,10,13,17,20H,3-6,8-9,11-12,14H2,1-2H3. The summed E-state index contributed by atoms with van der Waals surface area (Å²) in [6.07, 6.45) is 7.64. The fourth-order valence-electron chi connectivity index (χ4n) is 2.60. The number of hydrogen-bond donors (Lipinski definition) is 1. The lowest BCUT2D eigenvalue weighted by Crippen LogP contribution is -2.28. The van der Waals surface area contributed by atoms with Gasteiger partial charge in [-0.1, -0.05) is 38.3 Å². The topological polar surface area (TPSA) is 15.3 Å². The quantitative estimate of drug-likeness (QED) is 0.654. The second-order valence-electron chi connectivity index (χ2n) is 6.12. The van der Waals surface area contributed by atoms with E-state index >= 15 is 0 Å². The molecule has 3 heteroatoms. The van der Waals surface area contributed by atoms with E-state index in [1.165, 1.54) is 49.8 Å². The van der Waals surface area contributed by atoms with Crippen molar-refractivity contribution in [2.75, 3.05) is 18.0 Å². The molecule has 0 aliphatic heterocycles. The molecule has 0 radical (unpaired) electrons. The van der Waals surface area contributed by atoms with Crippen LogP contribution in [-0.2, 0) is 6.54 Å². The molecule has 2 nitrogen and oxygen atoms in total. The molecule has 1 aliphatic rings. The molecule has 21 heavy (non-hydrogen) atoms. The Morgan fingerprint density at radius 1 is 1.14 bits per heavy atom. The Kier molecular flexibility index (Phi) is 6.85. The number of hydrogen-bond acceptors (Lipinski definition) is 2. The number of nitrogens with zero attached hydrogens (tertiary/aromatic N) is 1. The Morgan fingerprint density at radius 3 is 2.38 bits per heavy atom. The van der Waals surface area contributed by atoms with Crippen LogP contribution in [0.25, 0.3) is 0 Å². The van der Waals surface area contributed by atoms with Crippen molar-refractivity contribution in [1.29, 1.82) is 0 Å². The maximum absolute atomic E-state index is 6.21. The lowest BCUT2D eigenvalue weighted by Gasteiger charge is -2.27. The van der Waals surface area contributed by atoms with E-state index in [0.717, 1.165) is 30.7 Å². The van der Waals surface area contributed by atoms with Gasteiger partial charge in [0.2, 0.25) is 0 Å². The first-order valence-corrected chi connectivity index (χ1v) is 8.89. The Labute approximate surface area is 134 Å². The lowest BCUT2D eigenvalue weighted by atomic mass is 10.1. The van der Waals surface area contributed by atoms with Gasteiger partial charge in [0.15, 0.2) is 0 Å². The predicted molar refractivity (Wildman–Crippen MR) is 93.3 cm³/mol. The first-order chi connectivity index (χ1) is 10.2. The second-order valence-corrected chi connectivity index (χ2v) is 6.56.